The zero-order valence-electron chi connectivity index (χ0n) is 18.0. The summed E-state index contributed by atoms with van der Waals surface area (Å²) in [5.74, 6) is 0. The van der Waals surface area contributed by atoms with Gasteiger partial charge < -0.3 is 4.90 Å². The maximum absolute atomic E-state index is 5.18. The molecule has 0 spiro atoms. The van der Waals surface area contributed by atoms with Crippen LogP contribution in [-0.4, -0.2) is 24.9 Å². The van der Waals surface area contributed by atoms with Gasteiger partial charge in [-0.3, -0.25) is 19.9 Å². The van der Waals surface area contributed by atoms with Gasteiger partial charge in [-0.05, 0) is 37.6 Å². The van der Waals surface area contributed by atoms with Crippen molar-refractivity contribution in [3.05, 3.63) is 84.0 Å². The molecule has 2 aliphatic heterocycles. The molecule has 0 aliphatic carbocycles. The molecule has 0 bridgehead atoms. The van der Waals surface area contributed by atoms with Crippen molar-refractivity contribution in [3.8, 4) is 11.4 Å². The van der Waals surface area contributed by atoms with E-state index in [-0.39, 0.29) is 10.8 Å². The Morgan fingerprint density at radius 2 is 1.32 bits per heavy atom. The molecule has 0 amide bonds. The van der Waals surface area contributed by atoms with E-state index in [0.717, 1.165) is 39.7 Å². The maximum atomic E-state index is 5.18. The highest BCUT2D eigenvalue weighted by Crippen LogP contribution is 2.59. The highest BCUT2D eigenvalue weighted by molar-refractivity contribution is 5.92. The normalized spacial score (nSPS) is 16.8. The minimum Gasteiger partial charge on any atom is -0.307 e. The van der Waals surface area contributed by atoms with E-state index in [9.17, 15) is 0 Å². The number of nitrogens with zero attached hydrogens (tertiary/aromatic N) is 6. The second-order valence-corrected chi connectivity index (χ2v) is 9.21. The first-order chi connectivity index (χ1) is 14.9. The highest BCUT2D eigenvalue weighted by atomic mass is 15.2. The molecule has 4 aromatic rings. The Hall–Kier alpha value is -3.67. The average molecular weight is 406 g/mol. The molecule has 0 saturated heterocycles. The van der Waals surface area contributed by atoms with Crippen LogP contribution in [0.25, 0.3) is 11.4 Å². The van der Waals surface area contributed by atoms with E-state index < -0.39 is 0 Å². The molecule has 0 aromatic carbocycles. The van der Waals surface area contributed by atoms with Gasteiger partial charge in [0.1, 0.15) is 5.69 Å². The van der Waals surface area contributed by atoms with Gasteiger partial charge in [-0.15, -0.1) is 0 Å². The summed E-state index contributed by atoms with van der Waals surface area (Å²) in [4.78, 5) is 25.2. The smallest absolute Gasteiger partial charge is 0.107 e. The number of hydrogen-bond acceptors (Lipinski definition) is 6. The predicted octanol–water partition coefficient (Wildman–Crippen LogP) is 5.08. The zero-order chi connectivity index (χ0) is 21.4. The van der Waals surface area contributed by atoms with Crippen molar-refractivity contribution in [2.24, 2.45) is 0 Å². The van der Waals surface area contributed by atoms with Gasteiger partial charge in [-0.2, -0.15) is 0 Å². The quantitative estimate of drug-likeness (QED) is 0.439. The standard InChI is InChI=1S/C25H22N6/c1-24(2)15-11-18(19-14-28-9-10-29-19)30-23-22(15)31(20-5-7-26-12-16(20)24)21-6-8-27-13-17(21)25(23,3)4/h5-14H,1-4H3. The van der Waals surface area contributed by atoms with Crippen molar-refractivity contribution in [2.75, 3.05) is 4.90 Å². The van der Waals surface area contributed by atoms with Crippen molar-refractivity contribution in [1.29, 1.82) is 0 Å². The predicted molar refractivity (Wildman–Crippen MR) is 120 cm³/mol. The summed E-state index contributed by atoms with van der Waals surface area (Å²) in [5.41, 5.74) is 9.07. The van der Waals surface area contributed by atoms with Crippen LogP contribution >= 0.6 is 0 Å². The molecule has 0 unspecified atom stereocenters. The van der Waals surface area contributed by atoms with Crippen molar-refractivity contribution >= 4 is 17.1 Å². The fraction of sp³-hybridized carbons (Fsp3) is 0.240. The lowest BCUT2D eigenvalue weighted by Crippen LogP contribution is -2.39. The summed E-state index contributed by atoms with van der Waals surface area (Å²) in [6.45, 7) is 8.97. The zero-order valence-corrected chi connectivity index (χ0v) is 18.0. The lowest BCUT2D eigenvalue weighted by molar-refractivity contribution is 0.578. The van der Waals surface area contributed by atoms with E-state index in [1.807, 2.05) is 24.8 Å². The number of aromatic nitrogens is 5. The van der Waals surface area contributed by atoms with Crippen LogP contribution in [0.2, 0.25) is 0 Å². The molecule has 0 radical (unpaired) electrons. The van der Waals surface area contributed by atoms with Gasteiger partial charge in [0.2, 0.25) is 0 Å². The third-order valence-corrected chi connectivity index (χ3v) is 6.73. The first-order valence-electron chi connectivity index (χ1n) is 10.4. The highest BCUT2D eigenvalue weighted by Gasteiger charge is 2.46. The van der Waals surface area contributed by atoms with Crippen molar-refractivity contribution in [1.82, 2.24) is 24.9 Å². The Bertz CT molecular complexity index is 1260. The fourth-order valence-electron chi connectivity index (χ4n) is 5.01. The van der Waals surface area contributed by atoms with Gasteiger partial charge in [-0.25, -0.2) is 4.98 Å². The molecule has 6 heteroatoms. The van der Waals surface area contributed by atoms with E-state index in [2.05, 4.69) is 70.7 Å². The lowest BCUT2D eigenvalue weighted by Gasteiger charge is -2.48. The third kappa shape index (κ3) is 2.30. The van der Waals surface area contributed by atoms with Crippen LogP contribution in [0.4, 0.5) is 17.1 Å². The molecular weight excluding hydrogens is 384 g/mol. The first kappa shape index (κ1) is 18.1. The van der Waals surface area contributed by atoms with Gasteiger partial charge in [0, 0.05) is 59.1 Å². The lowest BCUT2D eigenvalue weighted by atomic mass is 9.68. The summed E-state index contributed by atoms with van der Waals surface area (Å²) in [7, 11) is 0. The average Bonchev–Trinajstić information content (AvgIpc) is 2.79. The van der Waals surface area contributed by atoms with Gasteiger partial charge >= 0.3 is 0 Å². The van der Waals surface area contributed by atoms with Crippen LogP contribution in [0.1, 0.15) is 50.1 Å². The van der Waals surface area contributed by atoms with E-state index >= 15 is 0 Å². The number of fused-ring (bicyclic) bond motifs is 4. The van der Waals surface area contributed by atoms with Crippen LogP contribution in [0.3, 0.4) is 0 Å². The molecule has 2 aliphatic rings. The first-order valence-corrected chi connectivity index (χ1v) is 10.4. The van der Waals surface area contributed by atoms with Gasteiger partial charge in [0.15, 0.2) is 0 Å². The summed E-state index contributed by atoms with van der Waals surface area (Å²) >= 11 is 0. The maximum Gasteiger partial charge on any atom is 0.107 e. The number of anilines is 3. The second kappa shape index (κ2) is 5.94. The summed E-state index contributed by atoms with van der Waals surface area (Å²) in [6, 6.07) is 6.37. The van der Waals surface area contributed by atoms with Gasteiger partial charge in [0.25, 0.3) is 0 Å². The molecule has 6 heterocycles. The third-order valence-electron chi connectivity index (χ3n) is 6.73. The van der Waals surface area contributed by atoms with E-state index in [4.69, 9.17) is 4.98 Å². The number of rotatable bonds is 1. The Labute approximate surface area is 181 Å². The van der Waals surface area contributed by atoms with Gasteiger partial charge in [0.05, 0.1) is 34.6 Å². The summed E-state index contributed by atoms with van der Waals surface area (Å²) in [5, 5.41) is 0. The number of pyridine rings is 3. The van der Waals surface area contributed by atoms with E-state index in [1.165, 1.54) is 11.1 Å². The van der Waals surface area contributed by atoms with Crippen LogP contribution in [0, 0.1) is 0 Å². The fourth-order valence-corrected chi connectivity index (χ4v) is 5.01. The second-order valence-electron chi connectivity index (χ2n) is 9.21. The minimum absolute atomic E-state index is 0.245. The van der Waals surface area contributed by atoms with Crippen LogP contribution in [0.15, 0.2) is 61.6 Å². The van der Waals surface area contributed by atoms with E-state index in [0.29, 0.717) is 0 Å². The Kier molecular flexibility index (Phi) is 3.47. The molecule has 4 aromatic heterocycles. The van der Waals surface area contributed by atoms with Crippen molar-refractivity contribution in [2.45, 2.75) is 38.5 Å². The monoisotopic (exact) mass is 406 g/mol. The molecule has 0 saturated carbocycles. The molecule has 6 nitrogen and oxygen atoms in total. The largest absolute Gasteiger partial charge is 0.307 e. The summed E-state index contributed by atoms with van der Waals surface area (Å²) < 4.78 is 0. The van der Waals surface area contributed by atoms with Crippen molar-refractivity contribution in [3.63, 3.8) is 0 Å². The van der Waals surface area contributed by atoms with E-state index in [1.54, 1.807) is 18.6 Å². The SMILES string of the molecule is CC1(C)c2cnccc2N2c3ccncc3C(C)(C)c3nc(-c4cnccn4)cc1c32. The minimum atomic E-state index is -0.316. The Morgan fingerprint density at radius 3 is 1.97 bits per heavy atom. The molecular formula is C25H22N6. The topological polar surface area (TPSA) is 67.7 Å². The molecule has 0 fully saturated rings. The summed E-state index contributed by atoms with van der Waals surface area (Å²) in [6.07, 6.45) is 12.9. The number of hydrogen-bond donors (Lipinski definition) is 0. The molecule has 31 heavy (non-hydrogen) atoms. The van der Waals surface area contributed by atoms with Crippen molar-refractivity contribution < 1.29 is 0 Å². The molecule has 0 N–H and O–H groups in total. The van der Waals surface area contributed by atoms with Crippen LogP contribution in [0.5, 0.6) is 0 Å². The Morgan fingerprint density at radius 1 is 0.677 bits per heavy atom. The van der Waals surface area contributed by atoms with Crippen LogP contribution < -0.4 is 4.90 Å². The van der Waals surface area contributed by atoms with Gasteiger partial charge in [-0.1, -0.05) is 13.8 Å². The Balaban J connectivity index is 1.77. The molecule has 0 atom stereocenters. The van der Waals surface area contributed by atoms with Crippen LogP contribution in [-0.2, 0) is 10.8 Å². The molecule has 6 rings (SSSR count). The molecule has 152 valence electrons.